The molecule has 2 heterocycles. The monoisotopic (exact) mass is 430 g/mol. The first-order valence-corrected chi connectivity index (χ1v) is 10.5. The summed E-state index contributed by atoms with van der Waals surface area (Å²) >= 11 is 2.34. The minimum absolute atomic E-state index is 0.00544. The number of aromatic amines is 1. The van der Waals surface area contributed by atoms with Crippen molar-refractivity contribution in [1.82, 2.24) is 15.2 Å². The van der Waals surface area contributed by atoms with Crippen molar-refractivity contribution in [2.24, 2.45) is 0 Å². The molecule has 3 aromatic rings. The number of benzene rings is 1. The molecule has 10 heteroatoms. The van der Waals surface area contributed by atoms with Crippen molar-refractivity contribution in [3.63, 3.8) is 0 Å². The summed E-state index contributed by atoms with van der Waals surface area (Å²) in [5.41, 5.74) is 1.14. The summed E-state index contributed by atoms with van der Waals surface area (Å²) in [5.74, 6) is -0.845. The van der Waals surface area contributed by atoms with E-state index in [2.05, 4.69) is 20.5 Å². The van der Waals surface area contributed by atoms with Gasteiger partial charge in [-0.2, -0.15) is 0 Å². The quantitative estimate of drug-likeness (QED) is 0.437. The molecule has 0 saturated carbocycles. The molecule has 0 radical (unpaired) electrons. The van der Waals surface area contributed by atoms with Crippen LogP contribution in [0.5, 0.6) is 0 Å². The molecule has 0 aliphatic heterocycles. The number of carbonyl (C=O) groups is 2. The van der Waals surface area contributed by atoms with Gasteiger partial charge in [-0.1, -0.05) is 42.1 Å². The molecule has 8 nitrogen and oxygen atoms in total. The SMILES string of the molecule is CCOC(=O)c1cc(-c2ccccc2)sc1NC(=O)CSc1nnc(C)c(=O)[nH]1. The second-order valence-electron chi connectivity index (χ2n) is 5.82. The molecule has 0 spiro atoms. The average Bonchev–Trinajstić information content (AvgIpc) is 3.13. The highest BCUT2D eigenvalue weighted by Crippen LogP contribution is 2.36. The maximum absolute atomic E-state index is 12.4. The normalized spacial score (nSPS) is 10.6. The second kappa shape index (κ2) is 9.48. The Balaban J connectivity index is 1.76. The number of anilines is 1. The average molecular weight is 431 g/mol. The molecule has 29 heavy (non-hydrogen) atoms. The molecule has 2 N–H and O–H groups in total. The number of hydrogen-bond acceptors (Lipinski definition) is 8. The molecule has 1 amide bonds. The maximum Gasteiger partial charge on any atom is 0.341 e. The minimum atomic E-state index is -0.498. The third-order valence-electron chi connectivity index (χ3n) is 3.72. The van der Waals surface area contributed by atoms with Gasteiger partial charge in [0.25, 0.3) is 5.56 Å². The van der Waals surface area contributed by atoms with Crippen LogP contribution >= 0.6 is 23.1 Å². The van der Waals surface area contributed by atoms with Gasteiger partial charge in [-0.05, 0) is 25.5 Å². The van der Waals surface area contributed by atoms with Crippen LogP contribution in [-0.4, -0.2) is 39.4 Å². The van der Waals surface area contributed by atoms with Gasteiger partial charge in [0.2, 0.25) is 5.91 Å². The van der Waals surface area contributed by atoms with E-state index < -0.39 is 5.97 Å². The highest BCUT2D eigenvalue weighted by atomic mass is 32.2. The predicted molar refractivity (Wildman–Crippen MR) is 112 cm³/mol. The van der Waals surface area contributed by atoms with Gasteiger partial charge in [0, 0.05) is 4.88 Å². The van der Waals surface area contributed by atoms with Crippen molar-refractivity contribution < 1.29 is 14.3 Å². The molecule has 1 aromatic carbocycles. The molecule has 0 aliphatic rings. The third kappa shape index (κ3) is 5.30. The van der Waals surface area contributed by atoms with E-state index in [0.29, 0.717) is 10.6 Å². The highest BCUT2D eigenvalue weighted by molar-refractivity contribution is 7.99. The fourth-order valence-corrected chi connectivity index (χ4v) is 4.00. The Labute approximate surface area is 174 Å². The van der Waals surface area contributed by atoms with Gasteiger partial charge < -0.3 is 10.1 Å². The molecule has 0 saturated heterocycles. The Morgan fingerprint density at radius 1 is 1.24 bits per heavy atom. The summed E-state index contributed by atoms with van der Waals surface area (Å²) in [6.07, 6.45) is 0. The van der Waals surface area contributed by atoms with Gasteiger partial charge in [-0.25, -0.2) is 4.79 Å². The lowest BCUT2D eigenvalue weighted by atomic mass is 10.1. The topological polar surface area (TPSA) is 114 Å². The van der Waals surface area contributed by atoms with Crippen molar-refractivity contribution in [2.45, 2.75) is 19.0 Å². The van der Waals surface area contributed by atoms with Crippen LogP contribution < -0.4 is 10.9 Å². The van der Waals surface area contributed by atoms with Crippen LogP contribution in [0.2, 0.25) is 0 Å². The van der Waals surface area contributed by atoms with E-state index in [0.717, 1.165) is 22.2 Å². The number of thiophene rings is 1. The van der Waals surface area contributed by atoms with Crippen molar-refractivity contribution in [3.05, 3.63) is 58.0 Å². The number of nitrogens with one attached hydrogen (secondary N) is 2. The van der Waals surface area contributed by atoms with E-state index in [-0.39, 0.29) is 34.7 Å². The Morgan fingerprint density at radius 2 is 2.00 bits per heavy atom. The lowest BCUT2D eigenvalue weighted by molar-refractivity contribution is -0.113. The number of hydrogen-bond donors (Lipinski definition) is 2. The number of carbonyl (C=O) groups excluding carboxylic acids is 2. The Morgan fingerprint density at radius 3 is 2.69 bits per heavy atom. The van der Waals surface area contributed by atoms with Crippen LogP contribution in [0.4, 0.5) is 5.00 Å². The van der Waals surface area contributed by atoms with Gasteiger partial charge in [-0.3, -0.25) is 14.6 Å². The first-order valence-electron chi connectivity index (χ1n) is 8.70. The Kier molecular flexibility index (Phi) is 6.78. The number of H-pyrrole nitrogens is 1. The van der Waals surface area contributed by atoms with Gasteiger partial charge in [0.1, 0.15) is 10.7 Å². The number of nitrogens with zero attached hydrogens (tertiary/aromatic N) is 2. The van der Waals surface area contributed by atoms with Crippen LogP contribution in [0.3, 0.4) is 0 Å². The first kappa shape index (κ1) is 20.7. The van der Waals surface area contributed by atoms with E-state index in [1.807, 2.05) is 30.3 Å². The van der Waals surface area contributed by atoms with E-state index >= 15 is 0 Å². The molecular formula is C19H18N4O4S2. The number of ether oxygens (including phenoxy) is 1. The zero-order chi connectivity index (χ0) is 20.8. The van der Waals surface area contributed by atoms with Gasteiger partial charge in [-0.15, -0.1) is 21.5 Å². The molecule has 0 bridgehead atoms. The summed E-state index contributed by atoms with van der Waals surface area (Å²) in [6.45, 7) is 3.50. The molecule has 150 valence electrons. The van der Waals surface area contributed by atoms with Crippen molar-refractivity contribution in [1.29, 1.82) is 0 Å². The smallest absolute Gasteiger partial charge is 0.341 e. The zero-order valence-electron chi connectivity index (χ0n) is 15.7. The standard InChI is InChI=1S/C19H18N4O4S2/c1-3-27-18(26)13-9-14(12-7-5-4-6-8-12)29-17(13)20-15(24)10-28-19-21-16(25)11(2)22-23-19/h4-9H,3,10H2,1-2H3,(H,20,24)(H,21,23,25). The molecule has 0 fully saturated rings. The van der Waals surface area contributed by atoms with Gasteiger partial charge >= 0.3 is 5.97 Å². The third-order valence-corrected chi connectivity index (χ3v) is 5.68. The summed E-state index contributed by atoms with van der Waals surface area (Å²) in [7, 11) is 0. The largest absolute Gasteiger partial charge is 0.462 e. The van der Waals surface area contributed by atoms with Crippen molar-refractivity contribution >= 4 is 40.0 Å². The van der Waals surface area contributed by atoms with E-state index in [9.17, 15) is 14.4 Å². The van der Waals surface area contributed by atoms with E-state index in [4.69, 9.17) is 4.74 Å². The number of aryl methyl sites for hydroxylation is 1. The number of aromatic nitrogens is 3. The van der Waals surface area contributed by atoms with Gasteiger partial charge in [0.15, 0.2) is 5.16 Å². The van der Waals surface area contributed by atoms with Crippen LogP contribution in [-0.2, 0) is 9.53 Å². The minimum Gasteiger partial charge on any atom is -0.462 e. The molecule has 0 atom stereocenters. The number of thioether (sulfide) groups is 1. The fourth-order valence-electron chi connectivity index (χ4n) is 2.33. The zero-order valence-corrected chi connectivity index (χ0v) is 17.4. The molecule has 0 unspecified atom stereocenters. The van der Waals surface area contributed by atoms with Crippen LogP contribution in [0.25, 0.3) is 10.4 Å². The Hall–Kier alpha value is -2.98. The Bertz CT molecular complexity index is 1080. The molecule has 3 rings (SSSR count). The molecule has 2 aromatic heterocycles. The summed E-state index contributed by atoms with van der Waals surface area (Å²) < 4.78 is 5.11. The van der Waals surface area contributed by atoms with Crippen LogP contribution in [0.15, 0.2) is 46.3 Å². The fraction of sp³-hybridized carbons (Fsp3) is 0.211. The van der Waals surface area contributed by atoms with Crippen LogP contribution in [0, 0.1) is 6.92 Å². The molecular weight excluding hydrogens is 412 g/mol. The number of rotatable bonds is 7. The first-order chi connectivity index (χ1) is 14.0. The van der Waals surface area contributed by atoms with Crippen molar-refractivity contribution in [2.75, 3.05) is 17.7 Å². The summed E-state index contributed by atoms with van der Waals surface area (Å²) in [4.78, 5) is 39.7. The lowest BCUT2D eigenvalue weighted by Crippen LogP contribution is -2.18. The van der Waals surface area contributed by atoms with Gasteiger partial charge in [0.05, 0.1) is 17.9 Å². The maximum atomic E-state index is 12.4. The highest BCUT2D eigenvalue weighted by Gasteiger charge is 2.20. The predicted octanol–water partition coefficient (Wildman–Crippen LogP) is 3.11. The number of amides is 1. The summed E-state index contributed by atoms with van der Waals surface area (Å²) in [6, 6.07) is 11.3. The van der Waals surface area contributed by atoms with Crippen LogP contribution in [0.1, 0.15) is 23.0 Å². The second-order valence-corrected chi connectivity index (χ2v) is 7.84. The van der Waals surface area contributed by atoms with E-state index in [1.54, 1.807) is 19.9 Å². The molecule has 0 aliphatic carbocycles. The van der Waals surface area contributed by atoms with E-state index in [1.165, 1.54) is 11.3 Å². The number of esters is 1. The van der Waals surface area contributed by atoms with Crippen molar-refractivity contribution in [3.8, 4) is 10.4 Å². The summed E-state index contributed by atoms with van der Waals surface area (Å²) in [5, 5.41) is 11.0. The lowest BCUT2D eigenvalue weighted by Gasteiger charge is -2.05.